The second-order valence-corrected chi connectivity index (χ2v) is 7.88. The van der Waals surface area contributed by atoms with E-state index in [2.05, 4.69) is 15.9 Å². The number of benzene rings is 1. The molecule has 0 amide bonds. The average molecular weight is 354 g/mol. The minimum absolute atomic E-state index is 0.147. The summed E-state index contributed by atoms with van der Waals surface area (Å²) in [6.45, 7) is 0. The summed E-state index contributed by atoms with van der Waals surface area (Å²) >= 11 is 3.15. The molecule has 7 heteroatoms. The first-order chi connectivity index (χ1) is 8.87. The van der Waals surface area contributed by atoms with Gasteiger partial charge in [0.1, 0.15) is 11.9 Å². The number of nitrogens with one attached hydrogen (secondary N) is 1. The van der Waals surface area contributed by atoms with Crippen LogP contribution in [0.2, 0.25) is 0 Å². The largest absolute Gasteiger partial charge is 0.490 e. The van der Waals surface area contributed by atoms with Gasteiger partial charge in [-0.1, -0.05) is 15.9 Å². The van der Waals surface area contributed by atoms with Crippen LogP contribution >= 0.6 is 15.9 Å². The minimum atomic E-state index is -2.60. The van der Waals surface area contributed by atoms with Gasteiger partial charge in [-0.25, -0.2) is 13.0 Å². The Hall–Kier alpha value is -0.690. The zero-order valence-electron chi connectivity index (χ0n) is 10.1. The van der Waals surface area contributed by atoms with E-state index in [1.54, 1.807) is 6.07 Å². The van der Waals surface area contributed by atoms with E-state index in [0.29, 0.717) is 17.3 Å². The average Bonchev–Trinajstić information content (AvgIpc) is 2.33. The van der Waals surface area contributed by atoms with Crippen LogP contribution in [-0.2, 0) is 9.73 Å². The summed E-state index contributed by atoms with van der Waals surface area (Å²) in [5, 5.41) is 0. The van der Waals surface area contributed by atoms with Gasteiger partial charge in [-0.2, -0.15) is 0 Å². The van der Waals surface area contributed by atoms with E-state index >= 15 is 0 Å². The van der Waals surface area contributed by atoms with Crippen LogP contribution in [0.4, 0.5) is 8.78 Å². The maximum Gasteiger partial charge on any atom is 0.267 e. The molecule has 0 unspecified atom stereocenters. The Labute approximate surface area is 119 Å². The molecule has 0 bridgehead atoms. The smallest absolute Gasteiger partial charge is 0.267 e. The van der Waals surface area contributed by atoms with E-state index in [1.807, 2.05) is 0 Å². The number of hydrogen-bond acceptors (Lipinski definition) is 3. The van der Waals surface area contributed by atoms with Crippen molar-refractivity contribution < 1.29 is 17.7 Å². The Kier molecular flexibility index (Phi) is 4.45. The molecule has 0 saturated carbocycles. The molecule has 1 aromatic rings. The van der Waals surface area contributed by atoms with Crippen molar-refractivity contribution in [1.82, 2.24) is 0 Å². The highest BCUT2D eigenvalue weighted by molar-refractivity contribution is 9.10. The van der Waals surface area contributed by atoms with Crippen molar-refractivity contribution in [3.63, 3.8) is 0 Å². The molecule has 1 aromatic carbocycles. The summed E-state index contributed by atoms with van der Waals surface area (Å²) < 4.78 is 51.0. The minimum Gasteiger partial charge on any atom is -0.490 e. The fourth-order valence-corrected chi connectivity index (χ4v) is 3.85. The van der Waals surface area contributed by atoms with Gasteiger partial charge in [0.15, 0.2) is 0 Å². The molecular formula is C12H14BrF2NO2S. The molecule has 1 aliphatic heterocycles. The molecule has 0 radical (unpaired) electrons. The van der Waals surface area contributed by atoms with Gasteiger partial charge in [0.2, 0.25) is 0 Å². The third kappa shape index (κ3) is 3.89. The zero-order valence-corrected chi connectivity index (χ0v) is 12.5. The molecule has 3 nitrogen and oxygen atoms in total. The van der Waals surface area contributed by atoms with Crippen molar-refractivity contribution in [1.29, 1.82) is 4.78 Å². The van der Waals surface area contributed by atoms with E-state index in [1.165, 1.54) is 12.1 Å². The Morgan fingerprint density at radius 3 is 2.58 bits per heavy atom. The standard InChI is InChI=1S/C12H14BrF2NO2S/c13-8-1-2-11(10(7-8)12(14)15)18-9-3-5-19(16,17)6-4-9/h1-2,7,9,12,16H,3-6H2. The normalized spacial score (nSPS) is 27.5. The lowest BCUT2D eigenvalue weighted by molar-refractivity contribution is 0.134. The van der Waals surface area contributed by atoms with Crippen LogP contribution in [0.1, 0.15) is 24.8 Å². The van der Waals surface area contributed by atoms with Crippen molar-refractivity contribution in [2.45, 2.75) is 25.4 Å². The van der Waals surface area contributed by atoms with Crippen LogP contribution < -0.4 is 4.74 Å². The fourth-order valence-electron chi connectivity index (χ4n) is 1.98. The molecule has 0 atom stereocenters. The molecule has 106 valence electrons. The van der Waals surface area contributed by atoms with Crippen LogP contribution in [0.5, 0.6) is 5.75 Å². The van der Waals surface area contributed by atoms with Gasteiger partial charge in [-0.05, 0) is 31.0 Å². The lowest BCUT2D eigenvalue weighted by Gasteiger charge is -2.25. The molecule has 0 aliphatic carbocycles. The highest BCUT2D eigenvalue weighted by Gasteiger charge is 2.24. The lowest BCUT2D eigenvalue weighted by Crippen LogP contribution is -2.30. The maximum atomic E-state index is 12.9. The summed E-state index contributed by atoms with van der Waals surface area (Å²) in [7, 11) is -2.48. The number of rotatable bonds is 3. The highest BCUT2D eigenvalue weighted by atomic mass is 79.9. The number of alkyl halides is 2. The van der Waals surface area contributed by atoms with Gasteiger partial charge in [-0.15, -0.1) is 0 Å². The number of halogens is 3. The van der Waals surface area contributed by atoms with Crippen LogP contribution in [0.3, 0.4) is 0 Å². The van der Waals surface area contributed by atoms with Crippen molar-refractivity contribution >= 4 is 25.7 Å². The fraction of sp³-hybridized carbons (Fsp3) is 0.500. The summed E-state index contributed by atoms with van der Waals surface area (Å²) in [5.74, 6) is 0.720. The molecule has 1 saturated heterocycles. The summed E-state index contributed by atoms with van der Waals surface area (Å²) in [4.78, 5) is 0. The van der Waals surface area contributed by atoms with Crippen LogP contribution in [0, 0.1) is 4.78 Å². The van der Waals surface area contributed by atoms with E-state index in [9.17, 15) is 13.0 Å². The molecular weight excluding hydrogens is 340 g/mol. The van der Waals surface area contributed by atoms with E-state index in [-0.39, 0.29) is 28.9 Å². The Bertz CT molecular complexity index is 549. The van der Waals surface area contributed by atoms with Gasteiger partial charge in [0, 0.05) is 25.7 Å². The first kappa shape index (κ1) is 14.7. The molecule has 1 heterocycles. The van der Waals surface area contributed by atoms with Gasteiger partial charge >= 0.3 is 0 Å². The predicted molar refractivity (Wildman–Crippen MR) is 73.3 cm³/mol. The SMILES string of the molecule is N=S1(=O)CCC(Oc2ccc(Br)cc2C(F)F)CC1. The highest BCUT2D eigenvalue weighted by Crippen LogP contribution is 2.33. The Morgan fingerprint density at radius 1 is 1.37 bits per heavy atom. The van der Waals surface area contributed by atoms with Gasteiger partial charge in [0.05, 0.1) is 5.56 Å². The molecule has 0 spiro atoms. The number of hydrogen-bond donors (Lipinski definition) is 1. The summed E-state index contributed by atoms with van der Waals surface area (Å²) in [6.07, 6.45) is -1.89. The van der Waals surface area contributed by atoms with Crippen molar-refractivity contribution in [2.24, 2.45) is 0 Å². The third-order valence-corrected chi connectivity index (χ3v) is 5.32. The van der Waals surface area contributed by atoms with Crippen molar-refractivity contribution in [2.75, 3.05) is 11.5 Å². The van der Waals surface area contributed by atoms with Gasteiger partial charge in [0.25, 0.3) is 6.43 Å². The predicted octanol–water partition coefficient (Wildman–Crippen LogP) is 3.97. The molecule has 19 heavy (non-hydrogen) atoms. The zero-order chi connectivity index (χ0) is 14.0. The molecule has 1 fully saturated rings. The Balaban J connectivity index is 2.11. The second-order valence-electron chi connectivity index (χ2n) is 4.52. The van der Waals surface area contributed by atoms with E-state index in [0.717, 1.165) is 0 Å². The summed E-state index contributed by atoms with van der Waals surface area (Å²) in [6, 6.07) is 4.51. The first-order valence-corrected chi connectivity index (χ1v) is 8.55. The topological polar surface area (TPSA) is 50.2 Å². The molecule has 1 N–H and O–H groups in total. The molecule has 2 rings (SSSR count). The second kappa shape index (κ2) is 5.75. The summed E-state index contributed by atoms with van der Waals surface area (Å²) in [5.41, 5.74) is -0.147. The monoisotopic (exact) mass is 353 g/mol. The van der Waals surface area contributed by atoms with Crippen molar-refractivity contribution in [3.8, 4) is 5.75 Å². The van der Waals surface area contributed by atoms with Crippen LogP contribution in [0.15, 0.2) is 22.7 Å². The van der Waals surface area contributed by atoms with Crippen LogP contribution in [0.25, 0.3) is 0 Å². The van der Waals surface area contributed by atoms with E-state index in [4.69, 9.17) is 9.52 Å². The quantitative estimate of drug-likeness (QED) is 0.893. The van der Waals surface area contributed by atoms with Gasteiger partial charge < -0.3 is 4.74 Å². The van der Waals surface area contributed by atoms with Crippen LogP contribution in [-0.4, -0.2) is 21.8 Å². The third-order valence-electron chi connectivity index (χ3n) is 3.04. The first-order valence-electron chi connectivity index (χ1n) is 5.86. The maximum absolute atomic E-state index is 12.9. The van der Waals surface area contributed by atoms with Crippen molar-refractivity contribution in [3.05, 3.63) is 28.2 Å². The van der Waals surface area contributed by atoms with E-state index < -0.39 is 16.2 Å². The lowest BCUT2D eigenvalue weighted by atomic mass is 10.2. The molecule has 0 aromatic heterocycles. The van der Waals surface area contributed by atoms with Gasteiger partial charge in [-0.3, -0.25) is 4.78 Å². The Morgan fingerprint density at radius 2 is 2.00 bits per heavy atom. The molecule has 1 aliphatic rings. The number of ether oxygens (including phenoxy) is 1.